The third-order valence-electron chi connectivity index (χ3n) is 3.65. The first-order chi connectivity index (χ1) is 8.77. The Morgan fingerprint density at radius 1 is 1.17 bits per heavy atom. The van der Waals surface area contributed by atoms with Crippen LogP contribution in [0.3, 0.4) is 0 Å². The van der Waals surface area contributed by atoms with Crippen molar-refractivity contribution in [1.29, 1.82) is 0 Å². The zero-order valence-corrected chi connectivity index (χ0v) is 11.5. The molecule has 1 N–H and O–H groups in total. The van der Waals surface area contributed by atoms with Gasteiger partial charge in [-0.15, -0.1) is 0 Å². The highest BCUT2D eigenvalue weighted by atomic mass is 14.9. The second kappa shape index (κ2) is 5.96. The summed E-state index contributed by atoms with van der Waals surface area (Å²) in [5, 5.41) is 4.83. The molecule has 0 amide bonds. The van der Waals surface area contributed by atoms with Gasteiger partial charge in [-0.05, 0) is 43.5 Å². The number of hydrogen-bond acceptors (Lipinski definition) is 2. The lowest BCUT2D eigenvalue weighted by Crippen LogP contribution is -2.31. The maximum Gasteiger partial charge on any atom is 0.0704 e. The molecule has 2 atom stereocenters. The van der Waals surface area contributed by atoms with E-state index in [1.54, 1.807) is 0 Å². The van der Waals surface area contributed by atoms with Crippen LogP contribution in [0.2, 0.25) is 0 Å². The Bertz CT molecular complexity index is 502. The number of nitrogens with one attached hydrogen (secondary N) is 1. The fraction of sp³-hybridized carbons (Fsp3) is 0.438. The van der Waals surface area contributed by atoms with Gasteiger partial charge in [-0.2, -0.15) is 0 Å². The van der Waals surface area contributed by atoms with Gasteiger partial charge >= 0.3 is 0 Å². The molecule has 2 nitrogen and oxygen atoms in total. The van der Waals surface area contributed by atoms with Gasteiger partial charge in [-0.3, -0.25) is 4.98 Å². The van der Waals surface area contributed by atoms with Crippen LogP contribution >= 0.6 is 0 Å². The van der Waals surface area contributed by atoms with Crippen molar-refractivity contribution >= 4 is 10.9 Å². The molecule has 0 aliphatic carbocycles. The van der Waals surface area contributed by atoms with Crippen LogP contribution in [0, 0.1) is 0 Å². The molecule has 2 aromatic rings. The van der Waals surface area contributed by atoms with Gasteiger partial charge in [0.15, 0.2) is 0 Å². The average Bonchev–Trinajstić information content (AvgIpc) is 2.40. The zero-order valence-electron chi connectivity index (χ0n) is 11.5. The minimum absolute atomic E-state index is 0.491. The highest BCUT2D eigenvalue weighted by Gasteiger charge is 2.18. The third kappa shape index (κ3) is 2.54. The van der Waals surface area contributed by atoms with Gasteiger partial charge < -0.3 is 5.32 Å². The molecular weight excluding hydrogens is 220 g/mol. The summed E-state index contributed by atoms with van der Waals surface area (Å²) in [5.74, 6) is 0.540. The van der Waals surface area contributed by atoms with Crippen LogP contribution in [0.15, 0.2) is 36.5 Å². The van der Waals surface area contributed by atoms with Crippen molar-refractivity contribution in [1.82, 2.24) is 10.3 Å². The summed E-state index contributed by atoms with van der Waals surface area (Å²) in [6.07, 6.45) is 3.07. The van der Waals surface area contributed by atoms with E-state index in [0.29, 0.717) is 12.0 Å². The second-order valence-corrected chi connectivity index (χ2v) is 4.78. The van der Waals surface area contributed by atoms with Crippen LogP contribution in [0.4, 0.5) is 0 Å². The minimum atomic E-state index is 0.491. The smallest absolute Gasteiger partial charge is 0.0704 e. The quantitative estimate of drug-likeness (QED) is 0.864. The van der Waals surface area contributed by atoms with E-state index in [9.17, 15) is 0 Å². The first-order valence-corrected chi connectivity index (χ1v) is 6.85. The summed E-state index contributed by atoms with van der Waals surface area (Å²) >= 11 is 0. The molecule has 2 heteroatoms. The number of nitrogens with zero attached hydrogens (tertiary/aromatic N) is 1. The Morgan fingerprint density at radius 2 is 1.94 bits per heavy atom. The maximum absolute atomic E-state index is 4.44. The molecule has 96 valence electrons. The van der Waals surface area contributed by atoms with E-state index in [-0.39, 0.29) is 0 Å². The molecule has 2 unspecified atom stereocenters. The number of pyridine rings is 1. The van der Waals surface area contributed by atoms with Crippen molar-refractivity contribution in [2.75, 3.05) is 6.54 Å². The Kier molecular flexibility index (Phi) is 4.32. The van der Waals surface area contributed by atoms with Crippen molar-refractivity contribution in [3.05, 3.63) is 42.1 Å². The Balaban J connectivity index is 2.44. The van der Waals surface area contributed by atoms with E-state index in [2.05, 4.69) is 55.3 Å². The topological polar surface area (TPSA) is 24.9 Å². The highest BCUT2D eigenvalue weighted by molar-refractivity contribution is 5.82. The van der Waals surface area contributed by atoms with E-state index in [0.717, 1.165) is 18.5 Å². The van der Waals surface area contributed by atoms with Gasteiger partial charge in [-0.25, -0.2) is 0 Å². The van der Waals surface area contributed by atoms with Gasteiger partial charge in [0.2, 0.25) is 0 Å². The average molecular weight is 242 g/mol. The fourth-order valence-electron chi connectivity index (χ4n) is 2.75. The van der Waals surface area contributed by atoms with Crippen molar-refractivity contribution < 1.29 is 0 Å². The normalized spacial score (nSPS) is 14.6. The first-order valence-electron chi connectivity index (χ1n) is 6.85. The van der Waals surface area contributed by atoms with E-state index < -0.39 is 0 Å². The summed E-state index contributed by atoms with van der Waals surface area (Å²) < 4.78 is 0. The Morgan fingerprint density at radius 3 is 2.67 bits per heavy atom. The molecule has 0 aliphatic heterocycles. The lowest BCUT2D eigenvalue weighted by Gasteiger charge is -2.25. The molecule has 1 heterocycles. The molecule has 2 rings (SSSR count). The van der Waals surface area contributed by atoms with E-state index in [1.807, 2.05) is 12.3 Å². The van der Waals surface area contributed by atoms with Gasteiger partial charge in [0.05, 0.1) is 5.52 Å². The van der Waals surface area contributed by atoms with E-state index in [4.69, 9.17) is 0 Å². The van der Waals surface area contributed by atoms with E-state index >= 15 is 0 Å². The summed E-state index contributed by atoms with van der Waals surface area (Å²) in [6, 6.07) is 11.1. The molecule has 1 aromatic carbocycles. The van der Waals surface area contributed by atoms with Gasteiger partial charge in [0.1, 0.15) is 0 Å². The fourth-order valence-corrected chi connectivity index (χ4v) is 2.75. The maximum atomic E-state index is 4.44. The minimum Gasteiger partial charge on any atom is -0.314 e. The summed E-state index contributed by atoms with van der Waals surface area (Å²) in [4.78, 5) is 4.44. The molecule has 0 radical (unpaired) electrons. The van der Waals surface area contributed by atoms with Crippen LogP contribution in [0.1, 0.15) is 38.7 Å². The van der Waals surface area contributed by atoms with Crippen molar-refractivity contribution in [3.63, 3.8) is 0 Å². The highest BCUT2D eigenvalue weighted by Crippen LogP contribution is 2.29. The molecule has 18 heavy (non-hydrogen) atoms. The molecule has 0 saturated heterocycles. The Labute approximate surface area is 109 Å². The molecule has 1 aromatic heterocycles. The standard InChI is InChI=1S/C16H22N2/c1-4-13(12(3)17-5-2)14-10-11-18-16-9-7-6-8-15(14)16/h6-13,17H,4-5H2,1-3H3. The monoisotopic (exact) mass is 242 g/mol. The number of likely N-dealkylation sites (N-methyl/N-ethyl adjacent to an activating group) is 1. The van der Waals surface area contributed by atoms with Gasteiger partial charge in [-0.1, -0.05) is 32.0 Å². The van der Waals surface area contributed by atoms with Crippen LogP contribution in [-0.2, 0) is 0 Å². The predicted octanol–water partition coefficient (Wildman–Crippen LogP) is 3.73. The van der Waals surface area contributed by atoms with Crippen LogP contribution in [0.25, 0.3) is 10.9 Å². The summed E-state index contributed by atoms with van der Waals surface area (Å²) in [5.41, 5.74) is 2.51. The molecule has 0 aliphatic rings. The molecule has 0 fully saturated rings. The molecule has 0 spiro atoms. The first kappa shape index (κ1) is 13.0. The number of benzene rings is 1. The van der Waals surface area contributed by atoms with Crippen molar-refractivity contribution in [2.45, 2.75) is 39.2 Å². The SMILES string of the molecule is CCNC(C)C(CC)c1ccnc2ccccc12. The van der Waals surface area contributed by atoms with E-state index in [1.165, 1.54) is 10.9 Å². The summed E-state index contributed by atoms with van der Waals surface area (Å²) in [7, 11) is 0. The van der Waals surface area contributed by atoms with Crippen LogP contribution < -0.4 is 5.32 Å². The van der Waals surface area contributed by atoms with Gasteiger partial charge in [0.25, 0.3) is 0 Å². The number of fused-ring (bicyclic) bond motifs is 1. The molecule has 0 saturated carbocycles. The largest absolute Gasteiger partial charge is 0.314 e. The van der Waals surface area contributed by atoms with Gasteiger partial charge in [0, 0.05) is 17.6 Å². The van der Waals surface area contributed by atoms with Crippen molar-refractivity contribution in [3.8, 4) is 0 Å². The third-order valence-corrected chi connectivity index (χ3v) is 3.65. The number of hydrogen-bond donors (Lipinski definition) is 1. The molecular formula is C16H22N2. The van der Waals surface area contributed by atoms with Crippen molar-refractivity contribution in [2.24, 2.45) is 0 Å². The lowest BCUT2D eigenvalue weighted by atomic mass is 9.88. The van der Waals surface area contributed by atoms with Crippen LogP contribution in [0.5, 0.6) is 0 Å². The second-order valence-electron chi connectivity index (χ2n) is 4.78. The Hall–Kier alpha value is -1.41. The molecule has 0 bridgehead atoms. The number of para-hydroxylation sites is 1. The predicted molar refractivity (Wildman–Crippen MR) is 77.9 cm³/mol. The number of rotatable bonds is 5. The van der Waals surface area contributed by atoms with Crippen LogP contribution in [-0.4, -0.2) is 17.6 Å². The lowest BCUT2D eigenvalue weighted by molar-refractivity contribution is 0.462. The zero-order chi connectivity index (χ0) is 13.0. The summed E-state index contributed by atoms with van der Waals surface area (Å²) in [6.45, 7) is 7.70. The number of aromatic nitrogens is 1.